The zero-order chi connectivity index (χ0) is 15.5. The average molecular weight is 299 g/mol. The molecule has 1 aliphatic carbocycles. The molecule has 0 aromatic carbocycles. The molecule has 1 heterocycles. The number of nitrogens with zero attached hydrogens (tertiary/aromatic N) is 1. The maximum absolute atomic E-state index is 12.6. The van der Waals surface area contributed by atoms with Gasteiger partial charge in [0, 0.05) is 13.0 Å². The quantitative estimate of drug-likeness (QED) is 0.791. The van der Waals surface area contributed by atoms with Crippen molar-refractivity contribution in [1.29, 1.82) is 0 Å². The molecule has 1 amide bonds. The van der Waals surface area contributed by atoms with E-state index in [1.165, 1.54) is 0 Å². The molecule has 0 aromatic heterocycles. The fourth-order valence-electron chi connectivity index (χ4n) is 3.56. The van der Waals surface area contributed by atoms with Gasteiger partial charge in [-0.1, -0.05) is 12.8 Å². The Labute approximate surface area is 125 Å². The summed E-state index contributed by atoms with van der Waals surface area (Å²) in [6.45, 7) is 2.63. The van der Waals surface area contributed by atoms with Crippen LogP contribution in [-0.4, -0.2) is 58.9 Å². The van der Waals surface area contributed by atoms with E-state index in [4.69, 9.17) is 9.84 Å². The summed E-state index contributed by atoms with van der Waals surface area (Å²) in [6.07, 6.45) is 3.66. The number of hydrogen-bond acceptors (Lipinski definition) is 4. The highest BCUT2D eigenvalue weighted by molar-refractivity contribution is 5.78. The van der Waals surface area contributed by atoms with Crippen LogP contribution in [0, 0.1) is 5.41 Å². The Bertz CT molecular complexity index is 392. The summed E-state index contributed by atoms with van der Waals surface area (Å²) in [5, 5.41) is 18.3. The molecule has 2 atom stereocenters. The molecular weight excluding hydrogens is 274 g/mol. The zero-order valence-electron chi connectivity index (χ0n) is 12.6. The van der Waals surface area contributed by atoms with Crippen molar-refractivity contribution in [3.63, 3.8) is 0 Å². The molecule has 2 rings (SSSR count). The monoisotopic (exact) mass is 299 g/mol. The molecule has 1 saturated carbocycles. The Morgan fingerprint density at radius 1 is 1.29 bits per heavy atom. The summed E-state index contributed by atoms with van der Waals surface area (Å²) < 4.78 is 5.44. The fraction of sp³-hybridized carbons (Fsp3) is 0.867. The number of aliphatic hydroxyl groups excluding tert-OH is 1. The molecule has 0 aromatic rings. The number of carboxylic acid groups (broad SMARTS) is 1. The van der Waals surface area contributed by atoms with E-state index >= 15 is 0 Å². The summed E-state index contributed by atoms with van der Waals surface area (Å²) in [6, 6.07) is -0.0245. The Kier molecular flexibility index (Phi) is 5.22. The number of morpholine rings is 1. The summed E-state index contributed by atoms with van der Waals surface area (Å²) >= 11 is 0. The molecule has 120 valence electrons. The Morgan fingerprint density at radius 2 is 1.95 bits per heavy atom. The van der Waals surface area contributed by atoms with Crippen molar-refractivity contribution in [2.24, 2.45) is 5.41 Å². The van der Waals surface area contributed by atoms with Crippen molar-refractivity contribution in [2.45, 2.75) is 57.6 Å². The van der Waals surface area contributed by atoms with Crippen molar-refractivity contribution in [3.05, 3.63) is 0 Å². The normalized spacial score (nSPS) is 28.6. The molecule has 2 aliphatic rings. The number of amides is 1. The van der Waals surface area contributed by atoms with Gasteiger partial charge >= 0.3 is 5.97 Å². The molecule has 2 N–H and O–H groups in total. The summed E-state index contributed by atoms with van der Waals surface area (Å²) in [5.41, 5.74) is -0.379. The van der Waals surface area contributed by atoms with E-state index in [0.29, 0.717) is 19.6 Å². The van der Waals surface area contributed by atoms with E-state index in [1.807, 2.05) is 6.92 Å². The van der Waals surface area contributed by atoms with Crippen LogP contribution < -0.4 is 0 Å². The van der Waals surface area contributed by atoms with Gasteiger partial charge in [-0.15, -0.1) is 0 Å². The second kappa shape index (κ2) is 6.75. The lowest BCUT2D eigenvalue weighted by Gasteiger charge is -2.39. The van der Waals surface area contributed by atoms with E-state index in [2.05, 4.69) is 0 Å². The van der Waals surface area contributed by atoms with Crippen molar-refractivity contribution in [1.82, 2.24) is 4.90 Å². The molecule has 2 fully saturated rings. The van der Waals surface area contributed by atoms with Crippen molar-refractivity contribution >= 4 is 11.9 Å². The van der Waals surface area contributed by atoms with Gasteiger partial charge in [0.25, 0.3) is 0 Å². The molecule has 0 spiro atoms. The van der Waals surface area contributed by atoms with Crippen molar-refractivity contribution in [2.75, 3.05) is 19.8 Å². The predicted molar refractivity (Wildman–Crippen MR) is 75.8 cm³/mol. The van der Waals surface area contributed by atoms with Gasteiger partial charge in [-0.05, 0) is 25.2 Å². The fourth-order valence-corrected chi connectivity index (χ4v) is 3.56. The molecular formula is C15H25NO5. The second-order valence-corrected chi connectivity index (χ2v) is 6.49. The number of hydrogen-bond donors (Lipinski definition) is 2. The lowest BCUT2D eigenvalue weighted by Crippen LogP contribution is -2.52. The van der Waals surface area contributed by atoms with Crippen LogP contribution >= 0.6 is 0 Å². The largest absolute Gasteiger partial charge is 0.481 e. The van der Waals surface area contributed by atoms with Crippen LogP contribution in [0.1, 0.15) is 45.4 Å². The van der Waals surface area contributed by atoms with Crippen LogP contribution in [0.4, 0.5) is 0 Å². The van der Waals surface area contributed by atoms with Gasteiger partial charge in [-0.3, -0.25) is 9.59 Å². The zero-order valence-corrected chi connectivity index (χ0v) is 12.6. The van der Waals surface area contributed by atoms with Gasteiger partial charge in [-0.2, -0.15) is 0 Å². The summed E-state index contributed by atoms with van der Waals surface area (Å²) in [7, 11) is 0. The van der Waals surface area contributed by atoms with E-state index in [0.717, 1.165) is 25.7 Å². The molecule has 2 unspecified atom stereocenters. The molecule has 6 heteroatoms. The number of carbonyl (C=O) groups is 2. The van der Waals surface area contributed by atoms with E-state index in [9.17, 15) is 14.7 Å². The highest BCUT2D eigenvalue weighted by Gasteiger charge is 2.40. The van der Waals surface area contributed by atoms with Gasteiger partial charge in [0.15, 0.2) is 0 Å². The lowest BCUT2D eigenvalue weighted by atomic mass is 9.79. The van der Waals surface area contributed by atoms with Gasteiger partial charge in [0.05, 0.1) is 31.8 Å². The Morgan fingerprint density at radius 3 is 2.52 bits per heavy atom. The lowest BCUT2D eigenvalue weighted by molar-refractivity contribution is -0.150. The van der Waals surface area contributed by atoms with Gasteiger partial charge < -0.3 is 19.8 Å². The maximum Gasteiger partial charge on any atom is 0.303 e. The third-order valence-corrected chi connectivity index (χ3v) is 4.75. The highest BCUT2D eigenvalue weighted by Crippen LogP contribution is 2.44. The first kappa shape index (κ1) is 16.2. The first-order valence-electron chi connectivity index (χ1n) is 7.69. The van der Waals surface area contributed by atoms with Crippen LogP contribution in [0.15, 0.2) is 0 Å². The minimum atomic E-state index is -0.826. The van der Waals surface area contributed by atoms with Crippen molar-refractivity contribution in [3.8, 4) is 0 Å². The number of aliphatic carboxylic acids is 1. The minimum absolute atomic E-state index is 0.00704. The number of rotatable bonds is 5. The Hall–Kier alpha value is -1.14. The van der Waals surface area contributed by atoms with E-state index in [-0.39, 0.29) is 36.5 Å². The molecule has 1 saturated heterocycles. The van der Waals surface area contributed by atoms with Crippen LogP contribution in [-0.2, 0) is 14.3 Å². The summed E-state index contributed by atoms with van der Waals surface area (Å²) in [5.74, 6) is -0.833. The molecule has 6 nitrogen and oxygen atoms in total. The smallest absolute Gasteiger partial charge is 0.303 e. The SMILES string of the molecule is CC1COC(CO)CN1C(=O)CC1(CC(=O)O)CCCC1. The third kappa shape index (κ3) is 3.95. The maximum atomic E-state index is 12.6. The van der Waals surface area contributed by atoms with Crippen LogP contribution in [0.25, 0.3) is 0 Å². The van der Waals surface area contributed by atoms with Gasteiger partial charge in [-0.25, -0.2) is 0 Å². The standard InChI is InChI=1S/C15H25NO5/c1-11-10-21-12(9-17)8-16(11)13(18)6-15(7-14(19)20)4-2-3-5-15/h11-12,17H,2-10H2,1H3,(H,19,20). The first-order chi connectivity index (χ1) is 9.96. The second-order valence-electron chi connectivity index (χ2n) is 6.49. The Balaban J connectivity index is 2.02. The highest BCUT2D eigenvalue weighted by atomic mass is 16.5. The van der Waals surface area contributed by atoms with E-state index in [1.54, 1.807) is 4.90 Å². The van der Waals surface area contributed by atoms with E-state index < -0.39 is 5.97 Å². The summed E-state index contributed by atoms with van der Waals surface area (Å²) in [4.78, 5) is 25.5. The number of carbonyl (C=O) groups excluding carboxylic acids is 1. The number of aliphatic hydroxyl groups is 1. The van der Waals surface area contributed by atoms with Gasteiger partial charge in [0.2, 0.25) is 5.91 Å². The van der Waals surface area contributed by atoms with Crippen molar-refractivity contribution < 1.29 is 24.5 Å². The number of ether oxygens (including phenoxy) is 1. The van der Waals surface area contributed by atoms with Gasteiger partial charge in [0.1, 0.15) is 0 Å². The number of carboxylic acids is 1. The molecule has 1 aliphatic heterocycles. The topological polar surface area (TPSA) is 87.1 Å². The first-order valence-corrected chi connectivity index (χ1v) is 7.69. The average Bonchev–Trinajstić information content (AvgIpc) is 2.86. The van der Waals surface area contributed by atoms with Crippen LogP contribution in [0.2, 0.25) is 0 Å². The predicted octanol–water partition coefficient (Wildman–Crippen LogP) is 1.02. The molecule has 0 radical (unpaired) electrons. The minimum Gasteiger partial charge on any atom is -0.481 e. The van der Waals surface area contributed by atoms with Crippen LogP contribution in [0.3, 0.4) is 0 Å². The molecule has 21 heavy (non-hydrogen) atoms. The van der Waals surface area contributed by atoms with Crippen LogP contribution in [0.5, 0.6) is 0 Å². The third-order valence-electron chi connectivity index (χ3n) is 4.75. The molecule has 0 bridgehead atoms.